The Bertz CT molecular complexity index is 197. The first-order valence-corrected chi connectivity index (χ1v) is 3.10. The summed E-state index contributed by atoms with van der Waals surface area (Å²) in [5.41, 5.74) is 0. The molecule has 1 aromatic rings. The number of nitrogens with zero attached hydrogens (tertiary/aromatic N) is 2. The summed E-state index contributed by atoms with van der Waals surface area (Å²) in [7, 11) is 0. The van der Waals surface area contributed by atoms with Gasteiger partial charge in [-0.25, -0.2) is 0 Å². The highest BCUT2D eigenvalue weighted by molar-refractivity contribution is 7.80. The molecule has 0 saturated heterocycles. The molecule has 1 unspecified atom stereocenters. The lowest BCUT2D eigenvalue weighted by molar-refractivity contribution is 0.530. The lowest BCUT2D eigenvalue weighted by Crippen LogP contribution is -1.98. The van der Waals surface area contributed by atoms with Gasteiger partial charge >= 0.3 is 0 Å². The molecule has 0 aromatic carbocycles. The van der Waals surface area contributed by atoms with Gasteiger partial charge in [-0.15, -0.1) is 5.10 Å². The summed E-state index contributed by atoms with van der Waals surface area (Å²) in [5.74, 6) is -0.462. The predicted octanol–water partition coefficient (Wildman–Crippen LogP) is 1.47. The monoisotopic (exact) mass is 146 g/mol. The van der Waals surface area contributed by atoms with Crippen molar-refractivity contribution >= 4 is 12.6 Å². The Morgan fingerprint density at radius 2 is 2.56 bits per heavy atom. The first-order chi connectivity index (χ1) is 4.20. The van der Waals surface area contributed by atoms with Crippen LogP contribution in [-0.4, -0.2) is 9.78 Å². The van der Waals surface area contributed by atoms with E-state index >= 15 is 0 Å². The Hall–Kier alpha value is -0.510. The molecule has 0 saturated carbocycles. The SMILES string of the molecule is CC(S)n1ccc(F)n1. The molecule has 9 heavy (non-hydrogen) atoms. The smallest absolute Gasteiger partial charge is 0.232 e. The summed E-state index contributed by atoms with van der Waals surface area (Å²) in [4.78, 5) is 0. The van der Waals surface area contributed by atoms with Crippen molar-refractivity contribution in [1.82, 2.24) is 9.78 Å². The quantitative estimate of drug-likeness (QED) is 0.594. The van der Waals surface area contributed by atoms with Crippen LogP contribution in [0.5, 0.6) is 0 Å². The Kier molecular flexibility index (Phi) is 1.75. The Labute approximate surface area is 58.1 Å². The molecule has 0 spiro atoms. The summed E-state index contributed by atoms with van der Waals surface area (Å²) >= 11 is 4.03. The highest BCUT2D eigenvalue weighted by atomic mass is 32.1. The summed E-state index contributed by atoms with van der Waals surface area (Å²) in [6.07, 6.45) is 1.55. The number of halogens is 1. The van der Waals surface area contributed by atoms with Crippen LogP contribution in [-0.2, 0) is 0 Å². The first kappa shape index (κ1) is 6.61. The molecular formula is C5H7FN2S. The summed E-state index contributed by atoms with van der Waals surface area (Å²) in [5, 5.41) is 3.42. The topological polar surface area (TPSA) is 17.8 Å². The fourth-order valence-corrected chi connectivity index (χ4v) is 0.652. The number of hydrogen-bond donors (Lipinski definition) is 1. The van der Waals surface area contributed by atoms with Gasteiger partial charge in [-0.2, -0.15) is 17.0 Å². The van der Waals surface area contributed by atoms with Crippen molar-refractivity contribution < 1.29 is 4.39 Å². The lowest BCUT2D eigenvalue weighted by Gasteiger charge is -2.00. The zero-order chi connectivity index (χ0) is 6.85. The van der Waals surface area contributed by atoms with Gasteiger partial charge in [0.05, 0.1) is 5.37 Å². The van der Waals surface area contributed by atoms with Crippen molar-refractivity contribution in [3.8, 4) is 0 Å². The first-order valence-electron chi connectivity index (χ1n) is 2.59. The molecule has 0 radical (unpaired) electrons. The van der Waals surface area contributed by atoms with Gasteiger partial charge in [0.25, 0.3) is 0 Å². The van der Waals surface area contributed by atoms with E-state index in [1.165, 1.54) is 10.7 Å². The van der Waals surface area contributed by atoms with Gasteiger partial charge in [0.1, 0.15) is 0 Å². The highest BCUT2D eigenvalue weighted by Crippen LogP contribution is 2.07. The molecule has 0 fully saturated rings. The van der Waals surface area contributed by atoms with Crippen LogP contribution in [0.15, 0.2) is 12.3 Å². The standard InChI is InChI=1S/C5H7FN2S/c1-4(9)8-3-2-5(6)7-8/h2-4,9H,1H3. The maximum Gasteiger partial charge on any atom is 0.232 e. The van der Waals surface area contributed by atoms with Gasteiger partial charge in [0, 0.05) is 12.3 Å². The van der Waals surface area contributed by atoms with E-state index in [4.69, 9.17) is 0 Å². The third-order valence-corrected chi connectivity index (χ3v) is 1.20. The molecular weight excluding hydrogens is 139 g/mol. The molecule has 0 N–H and O–H groups in total. The maximum absolute atomic E-state index is 12.1. The van der Waals surface area contributed by atoms with Gasteiger partial charge < -0.3 is 0 Å². The molecule has 0 aliphatic rings. The third kappa shape index (κ3) is 1.45. The summed E-state index contributed by atoms with van der Waals surface area (Å²) < 4.78 is 13.6. The van der Waals surface area contributed by atoms with Crippen LogP contribution in [0.2, 0.25) is 0 Å². The van der Waals surface area contributed by atoms with E-state index in [2.05, 4.69) is 17.7 Å². The van der Waals surface area contributed by atoms with Crippen LogP contribution in [0.3, 0.4) is 0 Å². The number of aromatic nitrogens is 2. The van der Waals surface area contributed by atoms with E-state index in [9.17, 15) is 4.39 Å². The maximum atomic E-state index is 12.1. The highest BCUT2D eigenvalue weighted by Gasteiger charge is 1.98. The Balaban J connectivity index is 2.85. The van der Waals surface area contributed by atoms with Crippen molar-refractivity contribution in [1.29, 1.82) is 0 Å². The predicted molar refractivity (Wildman–Crippen MR) is 35.9 cm³/mol. The fraction of sp³-hybridized carbons (Fsp3) is 0.400. The van der Waals surface area contributed by atoms with E-state index in [1.54, 1.807) is 6.20 Å². The van der Waals surface area contributed by atoms with Crippen LogP contribution in [0, 0.1) is 5.95 Å². The normalized spacial score (nSPS) is 13.7. The minimum atomic E-state index is -0.462. The molecule has 1 heterocycles. The van der Waals surface area contributed by atoms with Crippen LogP contribution in [0.4, 0.5) is 4.39 Å². The van der Waals surface area contributed by atoms with Gasteiger partial charge in [0.2, 0.25) is 5.95 Å². The van der Waals surface area contributed by atoms with Crippen LogP contribution in [0.25, 0.3) is 0 Å². The van der Waals surface area contributed by atoms with Crippen LogP contribution in [0.1, 0.15) is 12.3 Å². The van der Waals surface area contributed by atoms with Crippen molar-refractivity contribution in [2.45, 2.75) is 12.3 Å². The minimum absolute atomic E-state index is 0.0606. The van der Waals surface area contributed by atoms with Gasteiger partial charge in [-0.05, 0) is 6.92 Å². The van der Waals surface area contributed by atoms with Gasteiger partial charge in [-0.1, -0.05) is 0 Å². The molecule has 2 nitrogen and oxygen atoms in total. The lowest BCUT2D eigenvalue weighted by atomic mass is 10.7. The molecule has 1 rings (SSSR count). The summed E-state index contributed by atoms with van der Waals surface area (Å²) in [6.45, 7) is 1.82. The molecule has 1 atom stereocenters. The zero-order valence-corrected chi connectivity index (χ0v) is 5.85. The molecule has 0 amide bonds. The summed E-state index contributed by atoms with van der Waals surface area (Å²) in [6, 6.07) is 1.30. The molecule has 0 aliphatic heterocycles. The minimum Gasteiger partial charge on any atom is -0.257 e. The van der Waals surface area contributed by atoms with E-state index < -0.39 is 5.95 Å². The number of rotatable bonds is 1. The second kappa shape index (κ2) is 2.39. The van der Waals surface area contributed by atoms with E-state index in [0.717, 1.165) is 0 Å². The van der Waals surface area contributed by atoms with E-state index in [0.29, 0.717) is 0 Å². The van der Waals surface area contributed by atoms with Crippen molar-refractivity contribution in [3.05, 3.63) is 18.2 Å². The van der Waals surface area contributed by atoms with Crippen molar-refractivity contribution in [2.24, 2.45) is 0 Å². The largest absolute Gasteiger partial charge is 0.257 e. The Morgan fingerprint density at radius 3 is 2.78 bits per heavy atom. The second-order valence-corrected chi connectivity index (χ2v) is 2.50. The van der Waals surface area contributed by atoms with E-state index in [1.807, 2.05) is 6.92 Å². The number of hydrogen-bond acceptors (Lipinski definition) is 2. The van der Waals surface area contributed by atoms with E-state index in [-0.39, 0.29) is 5.37 Å². The fourth-order valence-electron chi connectivity index (χ4n) is 0.523. The molecule has 1 aromatic heterocycles. The molecule has 50 valence electrons. The average molecular weight is 146 g/mol. The van der Waals surface area contributed by atoms with Gasteiger partial charge in [-0.3, -0.25) is 4.68 Å². The van der Waals surface area contributed by atoms with Crippen molar-refractivity contribution in [3.63, 3.8) is 0 Å². The van der Waals surface area contributed by atoms with Crippen LogP contribution >= 0.6 is 12.6 Å². The molecule has 0 bridgehead atoms. The average Bonchev–Trinajstić information content (AvgIpc) is 2.14. The van der Waals surface area contributed by atoms with Gasteiger partial charge in [0.15, 0.2) is 0 Å². The second-order valence-electron chi connectivity index (χ2n) is 1.75. The molecule has 4 heteroatoms. The Morgan fingerprint density at radius 1 is 1.89 bits per heavy atom. The molecule has 0 aliphatic carbocycles. The zero-order valence-electron chi connectivity index (χ0n) is 4.95. The van der Waals surface area contributed by atoms with Crippen molar-refractivity contribution in [2.75, 3.05) is 0 Å². The number of thiol groups is 1. The third-order valence-electron chi connectivity index (χ3n) is 0.959. The van der Waals surface area contributed by atoms with Crippen LogP contribution < -0.4 is 0 Å².